The highest BCUT2D eigenvalue weighted by atomic mass is 16.5. The molecule has 1 unspecified atom stereocenters. The number of aromatic nitrogens is 5. The van der Waals surface area contributed by atoms with E-state index in [1.54, 1.807) is 0 Å². The van der Waals surface area contributed by atoms with Gasteiger partial charge in [0.05, 0.1) is 13.2 Å². The Hall–Kier alpha value is -2.02. The van der Waals surface area contributed by atoms with Crippen LogP contribution >= 0.6 is 0 Å². The van der Waals surface area contributed by atoms with E-state index in [2.05, 4.69) is 37.0 Å². The number of aromatic amines is 1. The molecule has 118 valence electrons. The lowest BCUT2D eigenvalue weighted by Gasteiger charge is -2.33. The molecule has 0 amide bonds. The van der Waals surface area contributed by atoms with Gasteiger partial charge in [-0.15, -0.1) is 0 Å². The maximum Gasteiger partial charge on any atom is 0.181 e. The van der Waals surface area contributed by atoms with Gasteiger partial charge in [0.2, 0.25) is 0 Å². The van der Waals surface area contributed by atoms with E-state index in [4.69, 9.17) is 4.74 Å². The van der Waals surface area contributed by atoms with Gasteiger partial charge in [0.15, 0.2) is 5.82 Å². The summed E-state index contributed by atoms with van der Waals surface area (Å²) in [5, 5.41) is 7.23. The number of ether oxygens (including phenoxy) is 1. The van der Waals surface area contributed by atoms with E-state index in [0.29, 0.717) is 13.2 Å². The molecular formula is C15H22N6O. The summed E-state index contributed by atoms with van der Waals surface area (Å²) in [4.78, 5) is 15.8. The predicted molar refractivity (Wildman–Crippen MR) is 82.9 cm³/mol. The van der Waals surface area contributed by atoms with Crippen LogP contribution in [0, 0.1) is 20.8 Å². The van der Waals surface area contributed by atoms with Crippen molar-refractivity contribution >= 4 is 5.82 Å². The van der Waals surface area contributed by atoms with Crippen LogP contribution in [0.1, 0.15) is 41.8 Å². The number of aryl methyl sites for hydroxylation is 3. The zero-order valence-corrected chi connectivity index (χ0v) is 13.6. The standard InChI is InChI=1S/C15H22N6O/c1-5-13-18-14(20-19-13)12-8-21(6-7-22-12)15-9(2)10(3)16-11(4)17-15/h12H,5-8H2,1-4H3,(H,18,19,20). The number of nitrogens with one attached hydrogen (secondary N) is 1. The van der Waals surface area contributed by atoms with Crippen LogP contribution in [-0.4, -0.2) is 44.8 Å². The van der Waals surface area contributed by atoms with E-state index >= 15 is 0 Å². The maximum absolute atomic E-state index is 5.84. The second-order valence-corrected chi connectivity index (χ2v) is 5.60. The molecule has 0 bridgehead atoms. The first-order chi connectivity index (χ1) is 10.6. The van der Waals surface area contributed by atoms with Crippen LogP contribution in [0.5, 0.6) is 0 Å². The first-order valence-electron chi connectivity index (χ1n) is 7.68. The summed E-state index contributed by atoms with van der Waals surface area (Å²) < 4.78 is 5.84. The third-order valence-electron chi connectivity index (χ3n) is 4.01. The van der Waals surface area contributed by atoms with Crippen LogP contribution in [0.3, 0.4) is 0 Å². The van der Waals surface area contributed by atoms with Gasteiger partial charge in [-0.05, 0) is 20.8 Å². The first-order valence-corrected chi connectivity index (χ1v) is 7.68. The lowest BCUT2D eigenvalue weighted by Crippen LogP contribution is -2.40. The van der Waals surface area contributed by atoms with Crippen LogP contribution in [0.15, 0.2) is 0 Å². The number of morpholine rings is 1. The highest BCUT2D eigenvalue weighted by Gasteiger charge is 2.27. The molecule has 0 spiro atoms. The number of hydrogen-bond donors (Lipinski definition) is 1. The third-order valence-corrected chi connectivity index (χ3v) is 4.01. The van der Waals surface area contributed by atoms with E-state index in [1.807, 2.05) is 20.8 Å². The van der Waals surface area contributed by atoms with Crippen molar-refractivity contribution < 1.29 is 4.74 Å². The van der Waals surface area contributed by atoms with Gasteiger partial charge in [0, 0.05) is 24.2 Å². The van der Waals surface area contributed by atoms with Gasteiger partial charge >= 0.3 is 0 Å². The van der Waals surface area contributed by atoms with Crippen molar-refractivity contribution in [2.75, 3.05) is 24.6 Å². The fourth-order valence-electron chi connectivity index (χ4n) is 2.67. The number of rotatable bonds is 3. The van der Waals surface area contributed by atoms with Crippen LogP contribution < -0.4 is 4.90 Å². The minimum atomic E-state index is -0.125. The summed E-state index contributed by atoms with van der Waals surface area (Å²) in [5.41, 5.74) is 2.15. The van der Waals surface area contributed by atoms with Crippen molar-refractivity contribution in [1.29, 1.82) is 0 Å². The molecule has 2 aromatic heterocycles. The van der Waals surface area contributed by atoms with Crippen molar-refractivity contribution in [2.45, 2.75) is 40.2 Å². The summed E-state index contributed by atoms with van der Waals surface area (Å²) in [7, 11) is 0. The minimum Gasteiger partial charge on any atom is -0.366 e. The normalized spacial score (nSPS) is 18.7. The Labute approximate surface area is 130 Å². The van der Waals surface area contributed by atoms with E-state index in [-0.39, 0.29) is 6.10 Å². The minimum absolute atomic E-state index is 0.125. The molecule has 1 fully saturated rings. The van der Waals surface area contributed by atoms with Gasteiger partial charge in [-0.1, -0.05) is 6.92 Å². The third kappa shape index (κ3) is 2.81. The lowest BCUT2D eigenvalue weighted by atomic mass is 10.2. The molecule has 7 nitrogen and oxygen atoms in total. The predicted octanol–water partition coefficient (Wildman–Crippen LogP) is 1.66. The van der Waals surface area contributed by atoms with Gasteiger partial charge < -0.3 is 9.64 Å². The average Bonchev–Trinajstić information content (AvgIpc) is 3.00. The van der Waals surface area contributed by atoms with Crippen LogP contribution in [0.4, 0.5) is 5.82 Å². The van der Waals surface area contributed by atoms with E-state index in [9.17, 15) is 0 Å². The summed E-state index contributed by atoms with van der Waals surface area (Å²) in [6, 6.07) is 0. The molecule has 0 saturated carbocycles. The Balaban J connectivity index is 1.84. The van der Waals surface area contributed by atoms with Gasteiger partial charge in [0.25, 0.3) is 0 Å². The quantitative estimate of drug-likeness (QED) is 0.929. The van der Waals surface area contributed by atoms with Crippen molar-refractivity contribution in [1.82, 2.24) is 25.1 Å². The Morgan fingerprint density at radius 3 is 2.77 bits per heavy atom. The van der Waals surface area contributed by atoms with Gasteiger partial charge in [-0.2, -0.15) is 5.10 Å². The number of hydrogen-bond acceptors (Lipinski definition) is 6. The van der Waals surface area contributed by atoms with Gasteiger partial charge in [0.1, 0.15) is 23.6 Å². The zero-order chi connectivity index (χ0) is 15.7. The number of nitrogens with zero attached hydrogens (tertiary/aromatic N) is 5. The van der Waals surface area contributed by atoms with E-state index in [1.165, 1.54) is 0 Å². The van der Waals surface area contributed by atoms with Crippen molar-refractivity contribution in [3.63, 3.8) is 0 Å². The molecule has 1 aliphatic heterocycles. The zero-order valence-electron chi connectivity index (χ0n) is 13.6. The molecule has 0 aromatic carbocycles. The van der Waals surface area contributed by atoms with Crippen molar-refractivity contribution in [3.05, 3.63) is 28.7 Å². The maximum atomic E-state index is 5.84. The molecule has 1 saturated heterocycles. The molecule has 0 aliphatic carbocycles. The van der Waals surface area contributed by atoms with Gasteiger partial charge in [-0.25, -0.2) is 15.0 Å². The molecule has 1 atom stereocenters. The summed E-state index contributed by atoms with van der Waals surface area (Å²) in [6.45, 7) is 10.2. The Kier molecular flexibility index (Phi) is 4.06. The van der Waals surface area contributed by atoms with E-state index in [0.717, 1.165) is 47.5 Å². The van der Waals surface area contributed by atoms with E-state index < -0.39 is 0 Å². The number of H-pyrrole nitrogens is 1. The highest BCUT2D eigenvalue weighted by molar-refractivity contribution is 5.48. The van der Waals surface area contributed by atoms with Gasteiger partial charge in [-0.3, -0.25) is 5.10 Å². The molecule has 0 radical (unpaired) electrons. The highest BCUT2D eigenvalue weighted by Crippen LogP contribution is 2.26. The second-order valence-electron chi connectivity index (χ2n) is 5.60. The summed E-state index contributed by atoms with van der Waals surface area (Å²) in [6.07, 6.45) is 0.715. The van der Waals surface area contributed by atoms with Crippen LogP contribution in [0.25, 0.3) is 0 Å². The molecule has 22 heavy (non-hydrogen) atoms. The lowest BCUT2D eigenvalue weighted by molar-refractivity contribution is 0.0339. The summed E-state index contributed by atoms with van der Waals surface area (Å²) >= 11 is 0. The topological polar surface area (TPSA) is 79.8 Å². The number of anilines is 1. The summed E-state index contributed by atoms with van der Waals surface area (Å²) in [5.74, 6) is 3.40. The second kappa shape index (κ2) is 6.00. The fourth-order valence-corrected chi connectivity index (χ4v) is 2.67. The Morgan fingerprint density at radius 1 is 1.23 bits per heavy atom. The largest absolute Gasteiger partial charge is 0.366 e. The molecule has 1 N–H and O–H groups in total. The van der Waals surface area contributed by atoms with Crippen LogP contribution in [0.2, 0.25) is 0 Å². The van der Waals surface area contributed by atoms with Crippen molar-refractivity contribution in [3.8, 4) is 0 Å². The molecule has 3 heterocycles. The smallest absolute Gasteiger partial charge is 0.181 e. The first kappa shape index (κ1) is 14.9. The average molecular weight is 302 g/mol. The molecular weight excluding hydrogens is 280 g/mol. The molecule has 2 aromatic rings. The fraction of sp³-hybridized carbons (Fsp3) is 0.600. The Morgan fingerprint density at radius 2 is 2.05 bits per heavy atom. The Bertz CT molecular complexity index is 668. The molecule has 1 aliphatic rings. The van der Waals surface area contributed by atoms with Crippen LogP contribution in [-0.2, 0) is 11.2 Å². The molecule has 7 heteroatoms. The molecule has 3 rings (SSSR count). The monoisotopic (exact) mass is 302 g/mol. The SMILES string of the molecule is CCc1nc(C2CN(c3nc(C)nc(C)c3C)CCO2)n[nH]1. The van der Waals surface area contributed by atoms with Crippen molar-refractivity contribution in [2.24, 2.45) is 0 Å².